The summed E-state index contributed by atoms with van der Waals surface area (Å²) in [6.45, 7) is 8.99. The van der Waals surface area contributed by atoms with Crippen molar-refractivity contribution < 1.29 is 5.11 Å². The Kier molecular flexibility index (Phi) is 3.18. The van der Waals surface area contributed by atoms with E-state index in [1.54, 1.807) is 5.57 Å². The van der Waals surface area contributed by atoms with E-state index in [2.05, 4.69) is 26.8 Å². The van der Waals surface area contributed by atoms with Crippen molar-refractivity contribution in [2.45, 2.75) is 59.0 Å². The largest absolute Gasteiger partial charge is 0.386 e. The van der Waals surface area contributed by atoms with Crippen molar-refractivity contribution in [2.24, 2.45) is 23.7 Å². The van der Waals surface area contributed by atoms with Crippen LogP contribution in [0.2, 0.25) is 0 Å². The Morgan fingerprint density at radius 2 is 2.00 bits per heavy atom. The van der Waals surface area contributed by atoms with Gasteiger partial charge in [0, 0.05) is 0 Å². The highest BCUT2D eigenvalue weighted by Crippen LogP contribution is 2.47. The van der Waals surface area contributed by atoms with Gasteiger partial charge in [-0.2, -0.15) is 0 Å². The summed E-state index contributed by atoms with van der Waals surface area (Å²) in [4.78, 5) is 0. The SMILES string of the molecule is CC1CC[C@H](C(C)C)C2=C[C@@](C)(O)CCC21. The van der Waals surface area contributed by atoms with Gasteiger partial charge < -0.3 is 5.11 Å². The third-order valence-corrected chi connectivity index (χ3v) is 4.72. The number of allylic oxidation sites excluding steroid dienone is 1. The van der Waals surface area contributed by atoms with Crippen LogP contribution in [0.3, 0.4) is 0 Å². The Morgan fingerprint density at radius 1 is 1.31 bits per heavy atom. The summed E-state index contributed by atoms with van der Waals surface area (Å²) in [6.07, 6.45) is 7.01. The van der Waals surface area contributed by atoms with Crippen molar-refractivity contribution >= 4 is 0 Å². The standard InChI is InChI=1S/C15H26O/c1-10(2)12-6-5-11(3)13-7-8-15(4,16)9-14(12)13/h9-13,16H,5-8H2,1-4H3/t11?,12-,13?,15+/m1/s1. The normalized spacial score (nSPS) is 44.1. The summed E-state index contributed by atoms with van der Waals surface area (Å²) in [7, 11) is 0. The quantitative estimate of drug-likeness (QED) is 0.669. The molecule has 0 radical (unpaired) electrons. The minimum absolute atomic E-state index is 0.546. The minimum Gasteiger partial charge on any atom is -0.386 e. The smallest absolute Gasteiger partial charge is 0.0802 e. The van der Waals surface area contributed by atoms with E-state index < -0.39 is 5.60 Å². The van der Waals surface area contributed by atoms with Crippen molar-refractivity contribution in [2.75, 3.05) is 0 Å². The minimum atomic E-state index is -0.546. The first-order valence-electron chi connectivity index (χ1n) is 6.86. The molecule has 2 unspecified atom stereocenters. The molecule has 0 aromatic carbocycles. The van der Waals surface area contributed by atoms with Gasteiger partial charge in [-0.05, 0) is 56.3 Å². The summed E-state index contributed by atoms with van der Waals surface area (Å²) in [5.74, 6) is 3.00. The molecule has 1 fully saturated rings. The first-order chi connectivity index (χ1) is 7.41. The molecule has 0 spiro atoms. The molecule has 2 aliphatic carbocycles. The third-order valence-electron chi connectivity index (χ3n) is 4.72. The van der Waals surface area contributed by atoms with E-state index in [1.807, 2.05) is 6.92 Å². The topological polar surface area (TPSA) is 20.2 Å². The second-order valence-corrected chi connectivity index (χ2v) is 6.55. The Hall–Kier alpha value is -0.300. The Bertz CT molecular complexity index is 288. The average Bonchev–Trinajstić information content (AvgIpc) is 2.15. The fraction of sp³-hybridized carbons (Fsp3) is 0.867. The second-order valence-electron chi connectivity index (χ2n) is 6.55. The molecule has 92 valence electrons. The van der Waals surface area contributed by atoms with Crippen molar-refractivity contribution in [3.8, 4) is 0 Å². The van der Waals surface area contributed by atoms with E-state index in [0.717, 1.165) is 24.2 Å². The molecule has 1 N–H and O–H groups in total. The lowest BCUT2D eigenvalue weighted by Crippen LogP contribution is -2.37. The van der Waals surface area contributed by atoms with Crippen molar-refractivity contribution in [3.05, 3.63) is 11.6 Å². The van der Waals surface area contributed by atoms with Crippen LogP contribution < -0.4 is 0 Å². The molecule has 16 heavy (non-hydrogen) atoms. The lowest BCUT2D eigenvalue weighted by Gasteiger charge is -2.44. The van der Waals surface area contributed by atoms with E-state index in [4.69, 9.17) is 0 Å². The predicted octanol–water partition coefficient (Wildman–Crippen LogP) is 3.78. The zero-order valence-electron chi connectivity index (χ0n) is 11.2. The summed E-state index contributed by atoms with van der Waals surface area (Å²) in [5, 5.41) is 10.2. The van der Waals surface area contributed by atoms with Gasteiger partial charge in [-0.15, -0.1) is 0 Å². The summed E-state index contributed by atoms with van der Waals surface area (Å²) < 4.78 is 0. The number of fused-ring (bicyclic) bond motifs is 1. The average molecular weight is 222 g/mol. The van der Waals surface area contributed by atoms with Crippen LogP contribution in [0.4, 0.5) is 0 Å². The molecule has 1 nitrogen and oxygen atoms in total. The second kappa shape index (κ2) is 4.18. The van der Waals surface area contributed by atoms with Crippen LogP contribution in [0.15, 0.2) is 11.6 Å². The van der Waals surface area contributed by atoms with Crippen LogP contribution in [0.1, 0.15) is 53.4 Å². The Morgan fingerprint density at radius 3 is 2.62 bits per heavy atom. The van der Waals surface area contributed by atoms with Gasteiger partial charge in [0.1, 0.15) is 0 Å². The lowest BCUT2D eigenvalue weighted by molar-refractivity contribution is 0.0684. The summed E-state index contributed by atoms with van der Waals surface area (Å²) in [6, 6.07) is 0. The van der Waals surface area contributed by atoms with E-state index in [0.29, 0.717) is 5.92 Å². The van der Waals surface area contributed by atoms with Crippen molar-refractivity contribution in [1.82, 2.24) is 0 Å². The first kappa shape index (κ1) is 12.2. The summed E-state index contributed by atoms with van der Waals surface area (Å²) in [5.41, 5.74) is 1.03. The van der Waals surface area contributed by atoms with Crippen LogP contribution in [0.5, 0.6) is 0 Å². The Labute approximate surface area is 99.9 Å². The monoisotopic (exact) mass is 222 g/mol. The number of hydrogen-bond donors (Lipinski definition) is 1. The maximum absolute atomic E-state index is 10.2. The maximum atomic E-state index is 10.2. The van der Waals surface area contributed by atoms with Gasteiger partial charge in [0.2, 0.25) is 0 Å². The lowest BCUT2D eigenvalue weighted by atomic mass is 9.62. The molecular formula is C15H26O. The number of hydrogen-bond acceptors (Lipinski definition) is 1. The zero-order chi connectivity index (χ0) is 11.9. The van der Waals surface area contributed by atoms with Gasteiger partial charge in [0.15, 0.2) is 0 Å². The highest BCUT2D eigenvalue weighted by Gasteiger charge is 2.39. The van der Waals surface area contributed by atoms with Crippen LogP contribution in [-0.2, 0) is 0 Å². The molecule has 1 saturated carbocycles. The van der Waals surface area contributed by atoms with Crippen LogP contribution in [0, 0.1) is 23.7 Å². The molecule has 0 bridgehead atoms. The van der Waals surface area contributed by atoms with E-state index in [-0.39, 0.29) is 0 Å². The molecule has 0 aliphatic heterocycles. The summed E-state index contributed by atoms with van der Waals surface area (Å²) >= 11 is 0. The van der Waals surface area contributed by atoms with Crippen LogP contribution >= 0.6 is 0 Å². The number of aliphatic hydroxyl groups is 1. The van der Waals surface area contributed by atoms with Gasteiger partial charge in [-0.1, -0.05) is 32.4 Å². The molecule has 2 rings (SSSR count). The molecule has 2 aliphatic rings. The van der Waals surface area contributed by atoms with E-state index in [1.165, 1.54) is 19.3 Å². The highest BCUT2D eigenvalue weighted by molar-refractivity contribution is 5.23. The van der Waals surface area contributed by atoms with E-state index >= 15 is 0 Å². The fourth-order valence-electron chi connectivity index (χ4n) is 3.68. The molecule has 0 aromatic rings. The van der Waals surface area contributed by atoms with Crippen LogP contribution in [-0.4, -0.2) is 10.7 Å². The fourth-order valence-corrected chi connectivity index (χ4v) is 3.68. The third kappa shape index (κ3) is 2.20. The first-order valence-corrected chi connectivity index (χ1v) is 6.86. The number of rotatable bonds is 1. The molecule has 0 aromatic heterocycles. The van der Waals surface area contributed by atoms with Crippen molar-refractivity contribution in [1.29, 1.82) is 0 Å². The zero-order valence-corrected chi connectivity index (χ0v) is 11.2. The van der Waals surface area contributed by atoms with Gasteiger partial charge in [0.05, 0.1) is 5.60 Å². The van der Waals surface area contributed by atoms with Gasteiger partial charge in [-0.25, -0.2) is 0 Å². The molecular weight excluding hydrogens is 196 g/mol. The molecule has 0 amide bonds. The molecule has 0 heterocycles. The predicted molar refractivity (Wildman–Crippen MR) is 68.2 cm³/mol. The van der Waals surface area contributed by atoms with E-state index in [9.17, 15) is 5.11 Å². The molecule has 0 saturated heterocycles. The maximum Gasteiger partial charge on any atom is 0.0802 e. The van der Waals surface area contributed by atoms with Gasteiger partial charge >= 0.3 is 0 Å². The van der Waals surface area contributed by atoms with Crippen molar-refractivity contribution in [3.63, 3.8) is 0 Å². The van der Waals surface area contributed by atoms with Crippen LogP contribution in [0.25, 0.3) is 0 Å². The van der Waals surface area contributed by atoms with Gasteiger partial charge in [0.25, 0.3) is 0 Å². The Balaban J connectivity index is 2.30. The van der Waals surface area contributed by atoms with Gasteiger partial charge in [-0.3, -0.25) is 0 Å². The molecule has 4 atom stereocenters. The molecule has 1 heteroatoms. The highest BCUT2D eigenvalue weighted by atomic mass is 16.3.